The summed E-state index contributed by atoms with van der Waals surface area (Å²) in [6.45, 7) is 6.93. The Kier molecular flexibility index (Phi) is 1.88. The second-order valence-electron chi connectivity index (χ2n) is 2.38. The molecule has 0 unspecified atom stereocenters. The molecule has 50 valence electrons. The average Bonchev–Trinajstić information content (AvgIpc) is 2.17. The molecular weight excluding hydrogens is 112 g/mol. The molecule has 1 rings (SSSR count). The number of hydrogen-bond acceptors (Lipinski definition) is 1. The third kappa shape index (κ3) is 1.56. The molecule has 9 heavy (non-hydrogen) atoms. The van der Waals surface area contributed by atoms with Crippen LogP contribution in [0.15, 0.2) is 12.7 Å². The summed E-state index contributed by atoms with van der Waals surface area (Å²) in [5.41, 5.74) is 0. The summed E-state index contributed by atoms with van der Waals surface area (Å²) in [5, 5.41) is 0. The Morgan fingerprint density at radius 1 is 1.89 bits per heavy atom. The number of rotatable bonds is 2. The molecule has 1 aliphatic heterocycles. The maximum atomic E-state index is 3.67. The Bertz CT molecular complexity index is 138. The van der Waals surface area contributed by atoms with Gasteiger partial charge in [-0.3, -0.25) is 9.48 Å². The maximum Gasteiger partial charge on any atom is 0.234 e. The van der Waals surface area contributed by atoms with Gasteiger partial charge in [0.2, 0.25) is 6.34 Å². The van der Waals surface area contributed by atoms with Crippen LogP contribution in [0.1, 0.15) is 0 Å². The molecule has 0 spiro atoms. The first kappa shape index (κ1) is 6.33. The van der Waals surface area contributed by atoms with Crippen LogP contribution < -0.4 is 0 Å². The SMILES string of the molecule is C=CCN1C=[N+](C)CC1. The van der Waals surface area contributed by atoms with Crippen molar-refractivity contribution in [2.75, 3.05) is 26.7 Å². The third-order valence-corrected chi connectivity index (χ3v) is 1.46. The molecule has 0 aliphatic carbocycles. The Hall–Kier alpha value is -0.790. The van der Waals surface area contributed by atoms with Crippen molar-refractivity contribution in [2.24, 2.45) is 0 Å². The zero-order chi connectivity index (χ0) is 6.69. The summed E-state index contributed by atoms with van der Waals surface area (Å²) < 4.78 is 2.18. The Balaban J connectivity index is 2.37. The first-order valence-corrected chi connectivity index (χ1v) is 3.23. The van der Waals surface area contributed by atoms with E-state index in [2.05, 4.69) is 29.4 Å². The van der Waals surface area contributed by atoms with Crippen molar-refractivity contribution in [1.82, 2.24) is 4.90 Å². The third-order valence-electron chi connectivity index (χ3n) is 1.46. The van der Waals surface area contributed by atoms with E-state index < -0.39 is 0 Å². The molecule has 2 nitrogen and oxygen atoms in total. The van der Waals surface area contributed by atoms with Crippen molar-refractivity contribution < 1.29 is 4.58 Å². The molecule has 0 fully saturated rings. The van der Waals surface area contributed by atoms with E-state index in [0.717, 1.165) is 19.6 Å². The Morgan fingerprint density at radius 2 is 2.67 bits per heavy atom. The minimum atomic E-state index is 0.977. The van der Waals surface area contributed by atoms with Crippen molar-refractivity contribution in [3.63, 3.8) is 0 Å². The van der Waals surface area contributed by atoms with Gasteiger partial charge in [-0.15, -0.1) is 0 Å². The van der Waals surface area contributed by atoms with E-state index in [0.29, 0.717) is 0 Å². The lowest BCUT2D eigenvalue weighted by molar-refractivity contribution is -0.482. The van der Waals surface area contributed by atoms with Crippen LogP contribution in [-0.2, 0) is 0 Å². The lowest BCUT2D eigenvalue weighted by atomic mass is 10.5. The standard InChI is InChI=1S/C7H13N2/c1-3-4-9-6-5-8(2)7-9/h3,7H,1,4-6H2,2H3/q+1. The van der Waals surface area contributed by atoms with Crippen molar-refractivity contribution in [3.8, 4) is 0 Å². The minimum absolute atomic E-state index is 0.977. The van der Waals surface area contributed by atoms with Crippen molar-refractivity contribution in [3.05, 3.63) is 12.7 Å². The van der Waals surface area contributed by atoms with E-state index in [1.54, 1.807) is 0 Å². The van der Waals surface area contributed by atoms with Crippen molar-refractivity contribution in [1.29, 1.82) is 0 Å². The quantitative estimate of drug-likeness (QED) is 0.376. The molecule has 2 heteroatoms. The highest BCUT2D eigenvalue weighted by molar-refractivity contribution is 5.50. The second-order valence-corrected chi connectivity index (χ2v) is 2.38. The fraction of sp³-hybridized carbons (Fsp3) is 0.571. The molecule has 0 N–H and O–H groups in total. The van der Waals surface area contributed by atoms with E-state index in [1.807, 2.05) is 6.08 Å². The van der Waals surface area contributed by atoms with Gasteiger partial charge in [-0.1, -0.05) is 12.7 Å². The molecule has 0 aromatic heterocycles. The molecule has 0 amide bonds. The molecule has 0 aromatic rings. The van der Waals surface area contributed by atoms with Gasteiger partial charge < -0.3 is 0 Å². The number of likely N-dealkylation sites (N-methyl/N-ethyl adjacent to an activating group) is 1. The van der Waals surface area contributed by atoms with Gasteiger partial charge >= 0.3 is 0 Å². The van der Waals surface area contributed by atoms with E-state index in [1.165, 1.54) is 0 Å². The maximum absolute atomic E-state index is 3.67. The van der Waals surface area contributed by atoms with E-state index in [9.17, 15) is 0 Å². The van der Waals surface area contributed by atoms with E-state index >= 15 is 0 Å². The molecular formula is C7H13N2+. The first-order chi connectivity index (χ1) is 4.33. The van der Waals surface area contributed by atoms with Crippen LogP contribution in [0.3, 0.4) is 0 Å². The fourth-order valence-corrected chi connectivity index (χ4v) is 0.985. The van der Waals surface area contributed by atoms with Crippen LogP contribution in [0, 0.1) is 0 Å². The first-order valence-electron chi connectivity index (χ1n) is 3.23. The highest BCUT2D eigenvalue weighted by atomic mass is 15.2. The zero-order valence-corrected chi connectivity index (χ0v) is 5.88. The van der Waals surface area contributed by atoms with Crippen molar-refractivity contribution >= 4 is 6.34 Å². The molecule has 0 saturated heterocycles. The lowest BCUT2D eigenvalue weighted by Crippen LogP contribution is -2.18. The summed E-state index contributed by atoms with van der Waals surface area (Å²) in [4.78, 5) is 2.24. The molecule has 0 aromatic carbocycles. The van der Waals surface area contributed by atoms with Gasteiger partial charge in [-0.05, 0) is 0 Å². The van der Waals surface area contributed by atoms with Gasteiger partial charge in [0.05, 0.1) is 7.05 Å². The predicted molar refractivity (Wildman–Crippen MR) is 38.9 cm³/mol. The monoisotopic (exact) mass is 125 g/mol. The van der Waals surface area contributed by atoms with Crippen molar-refractivity contribution in [2.45, 2.75) is 0 Å². The van der Waals surface area contributed by atoms with Crippen LogP contribution in [0.5, 0.6) is 0 Å². The normalized spacial score (nSPS) is 17.9. The topological polar surface area (TPSA) is 6.25 Å². The molecule has 1 heterocycles. The highest BCUT2D eigenvalue weighted by Crippen LogP contribution is 1.90. The summed E-state index contributed by atoms with van der Waals surface area (Å²) in [6.07, 6.45) is 4.05. The van der Waals surface area contributed by atoms with Crippen LogP contribution >= 0.6 is 0 Å². The summed E-state index contributed by atoms with van der Waals surface area (Å²) >= 11 is 0. The molecule has 0 saturated carbocycles. The minimum Gasteiger partial charge on any atom is -0.267 e. The number of nitrogens with zero attached hydrogens (tertiary/aromatic N) is 2. The zero-order valence-electron chi connectivity index (χ0n) is 5.88. The van der Waals surface area contributed by atoms with Gasteiger partial charge in [0.15, 0.2) is 0 Å². The average molecular weight is 125 g/mol. The number of hydrogen-bond donors (Lipinski definition) is 0. The van der Waals surface area contributed by atoms with Gasteiger partial charge in [0.1, 0.15) is 19.6 Å². The van der Waals surface area contributed by atoms with Crippen LogP contribution in [-0.4, -0.2) is 42.5 Å². The van der Waals surface area contributed by atoms with Gasteiger partial charge in [-0.25, -0.2) is 0 Å². The summed E-state index contributed by atoms with van der Waals surface area (Å²) in [7, 11) is 2.09. The summed E-state index contributed by atoms with van der Waals surface area (Å²) in [5.74, 6) is 0. The smallest absolute Gasteiger partial charge is 0.234 e. The lowest BCUT2D eigenvalue weighted by Gasteiger charge is -1.99. The van der Waals surface area contributed by atoms with Crippen LogP contribution in [0.25, 0.3) is 0 Å². The Morgan fingerprint density at radius 3 is 3.11 bits per heavy atom. The van der Waals surface area contributed by atoms with Crippen LogP contribution in [0.4, 0.5) is 0 Å². The van der Waals surface area contributed by atoms with Crippen LogP contribution in [0.2, 0.25) is 0 Å². The van der Waals surface area contributed by atoms with Gasteiger partial charge in [-0.2, -0.15) is 0 Å². The van der Waals surface area contributed by atoms with Gasteiger partial charge in [0, 0.05) is 0 Å². The largest absolute Gasteiger partial charge is 0.267 e. The molecule has 0 bridgehead atoms. The molecule has 0 radical (unpaired) electrons. The predicted octanol–water partition coefficient (Wildman–Crippen LogP) is 0.159. The van der Waals surface area contributed by atoms with E-state index in [-0.39, 0.29) is 0 Å². The fourth-order valence-electron chi connectivity index (χ4n) is 0.985. The summed E-state index contributed by atoms with van der Waals surface area (Å²) in [6, 6.07) is 0. The molecule has 1 aliphatic rings. The highest BCUT2D eigenvalue weighted by Gasteiger charge is 2.13. The van der Waals surface area contributed by atoms with E-state index in [4.69, 9.17) is 0 Å². The molecule has 0 atom stereocenters. The second kappa shape index (κ2) is 2.67. The van der Waals surface area contributed by atoms with Gasteiger partial charge in [0.25, 0.3) is 0 Å². The Labute approximate surface area is 56.1 Å².